The SMILES string of the molecule is [N-]=[N+]=NCCCOC(=O)OC/C=C/COC(=O)OCCCN=[N+]=[N-]. The summed E-state index contributed by atoms with van der Waals surface area (Å²) in [5.41, 5.74) is 16.1. The number of rotatable bonds is 12. The minimum Gasteiger partial charge on any atom is -0.434 e. The lowest BCUT2D eigenvalue weighted by molar-refractivity contribution is 0.0596. The Hall–Kier alpha value is -3.10. The van der Waals surface area contributed by atoms with Gasteiger partial charge >= 0.3 is 12.3 Å². The summed E-state index contributed by atoms with van der Waals surface area (Å²) >= 11 is 0. The van der Waals surface area contributed by atoms with E-state index in [1.165, 1.54) is 12.2 Å². The zero-order chi connectivity index (χ0) is 17.9. The van der Waals surface area contributed by atoms with Crippen molar-refractivity contribution in [3.05, 3.63) is 33.0 Å². The quantitative estimate of drug-likeness (QED) is 0.132. The lowest BCUT2D eigenvalue weighted by Gasteiger charge is -2.04. The molecule has 0 heterocycles. The first-order valence-electron chi connectivity index (χ1n) is 6.96. The highest BCUT2D eigenvalue weighted by molar-refractivity contribution is 5.60. The third-order valence-electron chi connectivity index (χ3n) is 2.13. The highest BCUT2D eigenvalue weighted by atomic mass is 16.7. The molecule has 0 aliphatic carbocycles. The van der Waals surface area contributed by atoms with Crippen LogP contribution in [0.3, 0.4) is 0 Å². The third-order valence-corrected chi connectivity index (χ3v) is 2.13. The summed E-state index contributed by atoms with van der Waals surface area (Å²) in [6, 6.07) is 0. The van der Waals surface area contributed by atoms with Gasteiger partial charge in [0.05, 0.1) is 13.2 Å². The molecule has 0 saturated heterocycles. The van der Waals surface area contributed by atoms with Crippen molar-refractivity contribution in [2.75, 3.05) is 39.5 Å². The number of hydrogen-bond acceptors (Lipinski definition) is 8. The second-order valence-corrected chi connectivity index (χ2v) is 3.91. The Bertz CT molecular complexity index is 454. The van der Waals surface area contributed by atoms with E-state index < -0.39 is 12.3 Å². The number of carbonyl (C=O) groups excluding carboxylic acids is 2. The highest BCUT2D eigenvalue weighted by Gasteiger charge is 2.02. The van der Waals surface area contributed by atoms with Crippen molar-refractivity contribution in [1.82, 2.24) is 0 Å². The molecule has 24 heavy (non-hydrogen) atoms. The maximum atomic E-state index is 11.1. The number of nitrogens with zero attached hydrogens (tertiary/aromatic N) is 6. The Morgan fingerprint density at radius 2 is 1.21 bits per heavy atom. The molecule has 0 amide bonds. The van der Waals surface area contributed by atoms with Crippen molar-refractivity contribution in [3.8, 4) is 0 Å². The summed E-state index contributed by atoms with van der Waals surface area (Å²) < 4.78 is 18.8. The van der Waals surface area contributed by atoms with Crippen LogP contribution in [0.25, 0.3) is 20.9 Å². The summed E-state index contributed by atoms with van der Waals surface area (Å²) in [6.45, 7) is 0.581. The van der Waals surface area contributed by atoms with Gasteiger partial charge in [0.15, 0.2) is 0 Å². The molecule has 0 N–H and O–H groups in total. The molecule has 132 valence electrons. The highest BCUT2D eigenvalue weighted by Crippen LogP contribution is 1.92. The Morgan fingerprint density at radius 1 is 0.792 bits per heavy atom. The van der Waals surface area contributed by atoms with Crippen LogP contribution >= 0.6 is 0 Å². The summed E-state index contributed by atoms with van der Waals surface area (Å²) in [5.74, 6) is 0. The predicted octanol–water partition coefficient (Wildman–Crippen LogP) is 3.25. The lowest BCUT2D eigenvalue weighted by Crippen LogP contribution is -2.10. The van der Waals surface area contributed by atoms with Crippen molar-refractivity contribution in [3.63, 3.8) is 0 Å². The standard InChI is InChI=1S/C12H18N6O6/c13-17-15-5-3-9-23-11(19)21-7-1-2-8-22-12(20)24-10-4-6-16-18-14/h1-2H,3-10H2/b2-1+. The first-order valence-corrected chi connectivity index (χ1v) is 6.96. The first-order chi connectivity index (χ1) is 11.7. The van der Waals surface area contributed by atoms with E-state index in [-0.39, 0.29) is 39.5 Å². The molecular formula is C12H18N6O6. The Balaban J connectivity index is 3.50. The molecule has 0 aromatic heterocycles. The van der Waals surface area contributed by atoms with E-state index in [1.807, 2.05) is 0 Å². The van der Waals surface area contributed by atoms with E-state index in [4.69, 9.17) is 30.0 Å². The Labute approximate surface area is 137 Å². The van der Waals surface area contributed by atoms with E-state index in [0.29, 0.717) is 12.8 Å². The van der Waals surface area contributed by atoms with Crippen LogP contribution in [0.5, 0.6) is 0 Å². The van der Waals surface area contributed by atoms with Crippen molar-refractivity contribution < 1.29 is 28.5 Å². The molecule has 0 aromatic rings. The lowest BCUT2D eigenvalue weighted by atomic mass is 10.5. The zero-order valence-corrected chi connectivity index (χ0v) is 12.9. The second-order valence-electron chi connectivity index (χ2n) is 3.91. The van der Waals surface area contributed by atoms with Crippen LogP contribution in [0.15, 0.2) is 22.4 Å². The summed E-state index contributed by atoms with van der Waals surface area (Å²) in [4.78, 5) is 27.3. The van der Waals surface area contributed by atoms with Crippen molar-refractivity contribution >= 4 is 12.3 Å². The minimum atomic E-state index is -0.846. The average molecular weight is 342 g/mol. The molecule has 0 aliphatic rings. The van der Waals surface area contributed by atoms with Gasteiger partial charge in [0, 0.05) is 22.9 Å². The van der Waals surface area contributed by atoms with E-state index >= 15 is 0 Å². The molecule has 0 saturated carbocycles. The first kappa shape index (κ1) is 20.9. The van der Waals surface area contributed by atoms with Crippen LogP contribution in [0.2, 0.25) is 0 Å². The maximum Gasteiger partial charge on any atom is 0.508 e. The zero-order valence-electron chi connectivity index (χ0n) is 12.9. The Morgan fingerprint density at radius 3 is 1.58 bits per heavy atom. The van der Waals surface area contributed by atoms with E-state index in [2.05, 4.69) is 20.1 Å². The summed E-state index contributed by atoms with van der Waals surface area (Å²) in [5, 5.41) is 6.55. The van der Waals surface area contributed by atoms with Crippen LogP contribution < -0.4 is 0 Å². The molecular weight excluding hydrogens is 324 g/mol. The molecule has 12 heteroatoms. The van der Waals surface area contributed by atoms with Crippen LogP contribution in [-0.4, -0.2) is 51.8 Å². The van der Waals surface area contributed by atoms with Crippen LogP contribution in [0.1, 0.15) is 12.8 Å². The number of ether oxygens (including phenoxy) is 4. The largest absolute Gasteiger partial charge is 0.508 e. The van der Waals surface area contributed by atoms with Gasteiger partial charge in [-0.15, -0.1) is 0 Å². The smallest absolute Gasteiger partial charge is 0.434 e. The molecule has 0 unspecified atom stereocenters. The molecule has 0 fully saturated rings. The fourth-order valence-corrected chi connectivity index (χ4v) is 1.12. The minimum absolute atomic E-state index is 0.0419. The summed E-state index contributed by atoms with van der Waals surface area (Å²) in [7, 11) is 0. The number of azide groups is 2. The fourth-order valence-electron chi connectivity index (χ4n) is 1.12. The molecule has 0 aliphatic heterocycles. The summed E-state index contributed by atoms with van der Waals surface area (Å²) in [6.07, 6.45) is 2.07. The van der Waals surface area contributed by atoms with Crippen molar-refractivity contribution in [2.45, 2.75) is 12.8 Å². The van der Waals surface area contributed by atoms with Gasteiger partial charge in [0.1, 0.15) is 13.2 Å². The van der Waals surface area contributed by atoms with Crippen molar-refractivity contribution in [1.29, 1.82) is 0 Å². The van der Waals surface area contributed by atoms with Crippen LogP contribution in [-0.2, 0) is 18.9 Å². The normalized spacial score (nSPS) is 9.50. The van der Waals surface area contributed by atoms with Gasteiger partial charge in [0.2, 0.25) is 0 Å². The number of carbonyl (C=O) groups is 2. The van der Waals surface area contributed by atoms with Gasteiger partial charge in [-0.2, -0.15) is 0 Å². The van der Waals surface area contributed by atoms with Crippen molar-refractivity contribution in [2.24, 2.45) is 10.2 Å². The fraction of sp³-hybridized carbons (Fsp3) is 0.667. The molecule has 0 aromatic carbocycles. The van der Waals surface area contributed by atoms with E-state index in [0.717, 1.165) is 0 Å². The van der Waals surface area contributed by atoms with E-state index in [9.17, 15) is 9.59 Å². The molecule has 0 rings (SSSR count). The number of hydrogen-bond donors (Lipinski definition) is 0. The van der Waals surface area contributed by atoms with Gasteiger partial charge in [0.25, 0.3) is 0 Å². The molecule has 0 radical (unpaired) electrons. The van der Waals surface area contributed by atoms with Gasteiger partial charge in [-0.05, 0) is 36.1 Å². The monoisotopic (exact) mass is 342 g/mol. The average Bonchev–Trinajstić information content (AvgIpc) is 2.57. The molecule has 0 spiro atoms. The predicted molar refractivity (Wildman–Crippen MR) is 81.0 cm³/mol. The molecule has 0 bridgehead atoms. The molecule has 0 atom stereocenters. The molecule has 12 nitrogen and oxygen atoms in total. The topological polar surface area (TPSA) is 169 Å². The van der Waals surface area contributed by atoms with Crippen LogP contribution in [0, 0.1) is 0 Å². The third kappa shape index (κ3) is 15.3. The van der Waals surface area contributed by atoms with Gasteiger partial charge in [-0.25, -0.2) is 9.59 Å². The van der Waals surface area contributed by atoms with Gasteiger partial charge in [-0.3, -0.25) is 0 Å². The van der Waals surface area contributed by atoms with Gasteiger partial charge in [-0.1, -0.05) is 10.2 Å². The maximum absolute atomic E-state index is 11.1. The Kier molecular flexibility index (Phi) is 14.2. The van der Waals surface area contributed by atoms with E-state index in [1.54, 1.807) is 0 Å². The van der Waals surface area contributed by atoms with Gasteiger partial charge < -0.3 is 18.9 Å². The second kappa shape index (κ2) is 16.3. The van der Waals surface area contributed by atoms with Crippen LogP contribution in [0.4, 0.5) is 9.59 Å².